The lowest BCUT2D eigenvalue weighted by molar-refractivity contribution is -0.256. The van der Waals surface area contributed by atoms with Gasteiger partial charge in [0, 0.05) is 0 Å². The van der Waals surface area contributed by atoms with Crippen molar-refractivity contribution < 1.29 is 32.1 Å². The normalized spacial score (nSPS) is 20.9. The van der Waals surface area contributed by atoms with Crippen molar-refractivity contribution in [3.05, 3.63) is 179 Å². The quantitative estimate of drug-likeness (QED) is 0.108. The second-order valence-corrected chi connectivity index (χ2v) is 14.2. The smallest absolute Gasteiger partial charge is 0.188 e. The maximum Gasteiger partial charge on any atom is 0.188 e. The molecule has 0 aromatic heterocycles. The molecule has 5 aromatic rings. The monoisotopic (exact) mass is 678 g/mol. The summed E-state index contributed by atoms with van der Waals surface area (Å²) in [6.45, 7) is 1.07. The van der Waals surface area contributed by atoms with Gasteiger partial charge in [0.05, 0.1) is 38.8 Å². The first-order valence-electron chi connectivity index (χ1n) is 16.5. The molecule has 5 aromatic carbocycles. The van der Waals surface area contributed by atoms with Crippen LogP contribution in [0.25, 0.3) is 0 Å². The van der Waals surface area contributed by atoms with E-state index in [1.807, 2.05) is 140 Å². The van der Waals surface area contributed by atoms with E-state index < -0.39 is 39.7 Å². The second-order valence-electron chi connectivity index (χ2n) is 12.1. The predicted molar refractivity (Wildman–Crippen MR) is 189 cm³/mol. The maximum atomic E-state index is 14.4. The zero-order chi connectivity index (χ0) is 33.7. The highest BCUT2D eigenvalue weighted by Gasteiger charge is 2.53. The summed E-state index contributed by atoms with van der Waals surface area (Å²) in [6, 6.07) is 48.3. The minimum Gasteiger partial charge on any atom is -0.374 e. The molecule has 1 heterocycles. The minimum absolute atomic E-state index is 0.0856. The molecule has 49 heavy (non-hydrogen) atoms. The Bertz CT molecular complexity index is 1770. The fourth-order valence-electron chi connectivity index (χ4n) is 5.92. The van der Waals surface area contributed by atoms with E-state index >= 15 is 0 Å². The molecule has 1 aliphatic heterocycles. The molecule has 0 saturated carbocycles. The highest BCUT2D eigenvalue weighted by Crippen LogP contribution is 2.34. The Morgan fingerprint density at radius 2 is 0.816 bits per heavy atom. The molecule has 254 valence electrons. The predicted octanol–water partition coefficient (Wildman–Crippen LogP) is 7.30. The van der Waals surface area contributed by atoms with Gasteiger partial charge in [-0.3, -0.25) is 0 Å². The first kappa shape index (κ1) is 34.7. The standard InChI is InChI=1S/C41H42O7S/c42-49(43,31-36-24-14-5-15-25-36)41-40(47-29-35-22-12-4-13-23-35)39(46-28-34-20-10-3-11-21-34)38(45-27-33-18-8-2-9-19-33)37(48-41)30-44-26-32-16-6-1-7-17-32/h1-25,37-41H,26-31H2/t37-,38-,39+,40-,41+/m1/s1. The fourth-order valence-corrected chi connectivity index (χ4v) is 7.70. The van der Waals surface area contributed by atoms with Crippen LogP contribution in [0, 0.1) is 0 Å². The molecule has 8 heteroatoms. The SMILES string of the molecule is O=S(=O)(Cc1ccccc1)[C@@H]1O[C@H](COCc2ccccc2)[C@@H](OCc2ccccc2)[C@H](OCc2ccccc2)[C@H]1OCc1ccccc1. The summed E-state index contributed by atoms with van der Waals surface area (Å²) >= 11 is 0. The first-order valence-corrected chi connectivity index (χ1v) is 18.3. The van der Waals surface area contributed by atoms with Crippen molar-refractivity contribution in [3.8, 4) is 0 Å². The Morgan fingerprint density at radius 1 is 0.449 bits per heavy atom. The van der Waals surface area contributed by atoms with Gasteiger partial charge < -0.3 is 23.7 Å². The van der Waals surface area contributed by atoms with Crippen molar-refractivity contribution in [2.45, 2.75) is 62.0 Å². The Kier molecular flexibility index (Phi) is 12.4. The average molecular weight is 679 g/mol. The molecule has 0 spiro atoms. The summed E-state index contributed by atoms with van der Waals surface area (Å²) in [5.41, 5.74) is 3.12. The molecule has 0 N–H and O–H groups in total. The Morgan fingerprint density at radius 3 is 1.27 bits per heavy atom. The molecule has 7 nitrogen and oxygen atoms in total. The van der Waals surface area contributed by atoms with Crippen LogP contribution in [0.5, 0.6) is 0 Å². The zero-order valence-corrected chi connectivity index (χ0v) is 28.1. The summed E-state index contributed by atoms with van der Waals surface area (Å²) in [5, 5.41) is 0. The summed E-state index contributed by atoms with van der Waals surface area (Å²) in [5.74, 6) is -0.220. The number of ether oxygens (including phenoxy) is 5. The molecular formula is C41H42O7S. The molecule has 0 bridgehead atoms. The van der Waals surface area contributed by atoms with Crippen LogP contribution in [0.1, 0.15) is 27.8 Å². The summed E-state index contributed by atoms with van der Waals surface area (Å²) in [4.78, 5) is 0. The van der Waals surface area contributed by atoms with Crippen LogP contribution in [0.2, 0.25) is 0 Å². The largest absolute Gasteiger partial charge is 0.374 e. The van der Waals surface area contributed by atoms with E-state index in [1.165, 1.54) is 0 Å². The highest BCUT2D eigenvalue weighted by atomic mass is 32.2. The molecule has 6 rings (SSSR count). The van der Waals surface area contributed by atoms with E-state index in [0.29, 0.717) is 12.2 Å². The van der Waals surface area contributed by atoms with Gasteiger partial charge in [-0.05, 0) is 27.8 Å². The van der Waals surface area contributed by atoms with Crippen molar-refractivity contribution in [1.29, 1.82) is 0 Å². The molecule has 1 saturated heterocycles. The fraction of sp³-hybridized carbons (Fsp3) is 0.268. The number of sulfone groups is 1. The van der Waals surface area contributed by atoms with Gasteiger partial charge in [-0.25, -0.2) is 8.42 Å². The molecule has 0 radical (unpaired) electrons. The van der Waals surface area contributed by atoms with E-state index in [2.05, 4.69) is 0 Å². The van der Waals surface area contributed by atoms with Crippen LogP contribution in [0.3, 0.4) is 0 Å². The lowest BCUT2D eigenvalue weighted by atomic mass is 9.98. The van der Waals surface area contributed by atoms with Crippen molar-refractivity contribution in [2.24, 2.45) is 0 Å². The van der Waals surface area contributed by atoms with Crippen LogP contribution in [-0.2, 0) is 65.7 Å². The third-order valence-corrected chi connectivity index (χ3v) is 10.2. The zero-order valence-electron chi connectivity index (χ0n) is 27.3. The summed E-state index contributed by atoms with van der Waals surface area (Å²) in [7, 11) is -3.94. The van der Waals surface area contributed by atoms with E-state index in [9.17, 15) is 8.42 Å². The Hall–Kier alpha value is -4.15. The van der Waals surface area contributed by atoms with Crippen LogP contribution in [-0.4, -0.2) is 44.9 Å². The maximum absolute atomic E-state index is 14.4. The molecule has 0 unspecified atom stereocenters. The van der Waals surface area contributed by atoms with Crippen LogP contribution in [0.4, 0.5) is 0 Å². The van der Waals surface area contributed by atoms with Gasteiger partial charge in [-0.2, -0.15) is 0 Å². The van der Waals surface area contributed by atoms with Crippen molar-refractivity contribution in [1.82, 2.24) is 0 Å². The van der Waals surface area contributed by atoms with Crippen molar-refractivity contribution in [2.75, 3.05) is 6.61 Å². The molecule has 1 aliphatic rings. The van der Waals surface area contributed by atoms with E-state index in [-0.39, 0.29) is 32.2 Å². The third-order valence-electron chi connectivity index (χ3n) is 8.41. The minimum atomic E-state index is -3.94. The molecular weight excluding hydrogens is 637 g/mol. The summed E-state index contributed by atoms with van der Waals surface area (Å²) < 4.78 is 61.5. The van der Waals surface area contributed by atoms with Gasteiger partial charge in [-0.1, -0.05) is 152 Å². The topological polar surface area (TPSA) is 80.3 Å². The number of benzene rings is 5. The average Bonchev–Trinajstić information content (AvgIpc) is 3.14. The van der Waals surface area contributed by atoms with Gasteiger partial charge >= 0.3 is 0 Å². The Balaban J connectivity index is 1.36. The van der Waals surface area contributed by atoms with E-state index in [4.69, 9.17) is 23.7 Å². The van der Waals surface area contributed by atoms with Crippen LogP contribution in [0.15, 0.2) is 152 Å². The first-order chi connectivity index (χ1) is 24.0. The summed E-state index contributed by atoms with van der Waals surface area (Å²) in [6.07, 6.45) is -3.32. The van der Waals surface area contributed by atoms with Crippen molar-refractivity contribution >= 4 is 9.84 Å². The number of rotatable bonds is 16. The lowest BCUT2D eigenvalue weighted by Gasteiger charge is -2.45. The third kappa shape index (κ3) is 9.95. The van der Waals surface area contributed by atoms with Gasteiger partial charge in [0.2, 0.25) is 0 Å². The van der Waals surface area contributed by atoms with Crippen molar-refractivity contribution in [3.63, 3.8) is 0 Å². The van der Waals surface area contributed by atoms with E-state index in [1.54, 1.807) is 12.1 Å². The van der Waals surface area contributed by atoms with Gasteiger partial charge in [0.1, 0.15) is 24.4 Å². The molecule has 0 aliphatic carbocycles. The van der Waals surface area contributed by atoms with E-state index in [0.717, 1.165) is 22.3 Å². The second kappa shape index (κ2) is 17.5. The molecule has 1 fully saturated rings. The molecule has 0 amide bonds. The van der Waals surface area contributed by atoms with Gasteiger partial charge in [-0.15, -0.1) is 0 Å². The number of hydrogen-bond acceptors (Lipinski definition) is 7. The lowest BCUT2D eigenvalue weighted by Crippen LogP contribution is -2.63. The van der Waals surface area contributed by atoms with Gasteiger partial charge in [0.25, 0.3) is 0 Å². The highest BCUT2D eigenvalue weighted by molar-refractivity contribution is 7.91. The number of hydrogen-bond donors (Lipinski definition) is 0. The van der Waals surface area contributed by atoms with Crippen LogP contribution >= 0.6 is 0 Å². The molecule has 5 atom stereocenters. The Labute approximate surface area is 289 Å². The van der Waals surface area contributed by atoms with Gasteiger partial charge in [0.15, 0.2) is 15.3 Å². The van der Waals surface area contributed by atoms with Crippen LogP contribution < -0.4 is 0 Å².